The lowest BCUT2D eigenvalue weighted by Gasteiger charge is -2.37. The van der Waals surface area contributed by atoms with Gasteiger partial charge in [0.1, 0.15) is 5.15 Å². The number of aromatic nitrogens is 1. The molecule has 2 unspecified atom stereocenters. The minimum Gasteiger partial charge on any atom is -0.478 e. The van der Waals surface area contributed by atoms with Crippen molar-refractivity contribution in [3.8, 4) is 0 Å². The fourth-order valence-corrected chi connectivity index (χ4v) is 3.97. The molecule has 178 valence electrons. The number of amides is 1. The number of carboxylic acid groups (broad SMARTS) is 1. The quantitative estimate of drug-likeness (QED) is 0.357. The number of carbonyl (C=O) groups excluding carboxylic acids is 1. The Balaban J connectivity index is 1.89. The second-order valence-corrected chi connectivity index (χ2v) is 8.22. The Bertz CT molecular complexity index is 1240. The summed E-state index contributed by atoms with van der Waals surface area (Å²) >= 11 is 12.0. The van der Waals surface area contributed by atoms with Crippen LogP contribution in [0.2, 0.25) is 10.2 Å². The number of hydrogen-bond acceptors (Lipinski definition) is 4. The van der Waals surface area contributed by atoms with Crippen LogP contribution in [0.1, 0.15) is 44.7 Å². The number of pyridine rings is 1. The van der Waals surface area contributed by atoms with Crippen LogP contribution in [0.15, 0.2) is 60.8 Å². The molecule has 0 radical (unpaired) electrons. The van der Waals surface area contributed by atoms with Crippen LogP contribution in [-0.2, 0) is 5.60 Å². The highest BCUT2D eigenvalue weighted by atomic mass is 35.5. The average Bonchev–Trinajstić information content (AvgIpc) is 2.77. The molecule has 2 aromatic carbocycles. The molecule has 1 aromatic heterocycles. The van der Waals surface area contributed by atoms with E-state index in [1.54, 1.807) is 0 Å². The summed E-state index contributed by atoms with van der Waals surface area (Å²) in [5.41, 5.74) is -3.47. The molecule has 0 fully saturated rings. The number of nitrogens with one attached hydrogen (secondary N) is 1. The van der Waals surface area contributed by atoms with Gasteiger partial charge in [-0.25, -0.2) is 9.78 Å². The zero-order valence-corrected chi connectivity index (χ0v) is 18.9. The predicted octanol–water partition coefficient (Wildman–Crippen LogP) is 5.89. The highest BCUT2D eigenvalue weighted by Gasteiger charge is 2.59. The third-order valence-corrected chi connectivity index (χ3v) is 5.88. The van der Waals surface area contributed by atoms with E-state index in [2.05, 4.69) is 10.3 Å². The first-order chi connectivity index (χ1) is 15.8. The first kappa shape index (κ1) is 25.5. The largest absolute Gasteiger partial charge is 0.478 e. The van der Waals surface area contributed by atoms with Crippen molar-refractivity contribution in [2.45, 2.75) is 24.6 Å². The van der Waals surface area contributed by atoms with Gasteiger partial charge in [-0.2, -0.15) is 13.2 Å². The van der Waals surface area contributed by atoms with E-state index in [-0.39, 0.29) is 32.6 Å². The van der Waals surface area contributed by atoms with Crippen LogP contribution < -0.4 is 5.32 Å². The summed E-state index contributed by atoms with van der Waals surface area (Å²) in [7, 11) is 0. The van der Waals surface area contributed by atoms with Gasteiger partial charge in [-0.1, -0.05) is 36.2 Å². The Hall–Kier alpha value is -3.14. The van der Waals surface area contributed by atoms with Crippen molar-refractivity contribution in [2.24, 2.45) is 0 Å². The topological polar surface area (TPSA) is 99.5 Å². The van der Waals surface area contributed by atoms with Crippen LogP contribution in [0.5, 0.6) is 0 Å². The van der Waals surface area contributed by atoms with E-state index in [4.69, 9.17) is 28.3 Å². The van der Waals surface area contributed by atoms with Crippen LogP contribution in [-0.4, -0.2) is 33.2 Å². The van der Waals surface area contributed by atoms with E-state index in [1.807, 2.05) is 0 Å². The van der Waals surface area contributed by atoms with Crippen LogP contribution in [0, 0.1) is 0 Å². The van der Waals surface area contributed by atoms with Gasteiger partial charge in [-0.05, 0) is 59.7 Å². The lowest BCUT2D eigenvalue weighted by atomic mass is 9.78. The summed E-state index contributed by atoms with van der Waals surface area (Å²) in [6.45, 7) is 1.17. The first-order valence-electron chi connectivity index (χ1n) is 9.70. The van der Waals surface area contributed by atoms with Gasteiger partial charge in [0.15, 0.2) is 5.60 Å². The number of benzene rings is 2. The number of rotatable bonds is 6. The van der Waals surface area contributed by atoms with Crippen molar-refractivity contribution >= 4 is 40.8 Å². The maximum absolute atomic E-state index is 14.1. The molecule has 3 N–H and O–H groups in total. The third-order valence-electron chi connectivity index (χ3n) is 5.34. The minimum atomic E-state index is -5.07. The predicted molar refractivity (Wildman–Crippen MR) is 120 cm³/mol. The zero-order valence-electron chi connectivity index (χ0n) is 17.4. The highest BCUT2D eigenvalue weighted by molar-refractivity contribution is 6.32. The molecular formula is C23H17Cl2F3N2O4. The number of alkyl halides is 3. The molecule has 0 saturated heterocycles. The highest BCUT2D eigenvalue weighted by Crippen LogP contribution is 2.50. The van der Waals surface area contributed by atoms with Gasteiger partial charge < -0.3 is 15.5 Å². The summed E-state index contributed by atoms with van der Waals surface area (Å²) in [6, 6.07) is 11.0. The molecule has 0 aliphatic heterocycles. The fraction of sp³-hybridized carbons (Fsp3) is 0.174. The van der Waals surface area contributed by atoms with Gasteiger partial charge in [0.05, 0.1) is 5.56 Å². The van der Waals surface area contributed by atoms with Gasteiger partial charge in [-0.3, -0.25) is 4.79 Å². The van der Waals surface area contributed by atoms with Crippen LogP contribution in [0.4, 0.5) is 18.9 Å². The lowest BCUT2D eigenvalue weighted by molar-refractivity contribution is -0.274. The van der Waals surface area contributed by atoms with Crippen LogP contribution in [0.3, 0.4) is 0 Å². The fourth-order valence-electron chi connectivity index (χ4n) is 3.45. The normalized spacial score (nSPS) is 14.2. The van der Waals surface area contributed by atoms with Crippen molar-refractivity contribution < 1.29 is 33.0 Å². The van der Waals surface area contributed by atoms with Gasteiger partial charge >= 0.3 is 12.1 Å². The SMILES string of the molecule is CC(c1ccc(NC(=O)c2ccc(C(=O)O)cc2)cc1Cl)C(O)(c1ccnc(Cl)c1)C(F)(F)F. The molecule has 1 heterocycles. The Morgan fingerprint density at radius 3 is 2.15 bits per heavy atom. The van der Waals surface area contributed by atoms with E-state index in [0.717, 1.165) is 18.3 Å². The molecule has 2 atom stereocenters. The first-order valence-corrected chi connectivity index (χ1v) is 10.5. The van der Waals surface area contributed by atoms with E-state index >= 15 is 0 Å². The van der Waals surface area contributed by atoms with Gasteiger partial charge in [0.2, 0.25) is 0 Å². The van der Waals surface area contributed by atoms with Gasteiger partial charge in [-0.15, -0.1) is 0 Å². The summed E-state index contributed by atoms with van der Waals surface area (Å²) < 4.78 is 42.2. The number of nitrogens with zero attached hydrogens (tertiary/aromatic N) is 1. The number of aliphatic hydroxyl groups is 1. The van der Waals surface area contributed by atoms with E-state index in [9.17, 15) is 27.9 Å². The summed E-state index contributed by atoms with van der Waals surface area (Å²) in [5.74, 6) is -3.27. The Morgan fingerprint density at radius 1 is 1.00 bits per heavy atom. The van der Waals surface area contributed by atoms with E-state index in [0.29, 0.717) is 0 Å². The molecule has 34 heavy (non-hydrogen) atoms. The van der Waals surface area contributed by atoms with Crippen molar-refractivity contribution in [2.75, 3.05) is 5.32 Å². The number of halogens is 5. The van der Waals surface area contributed by atoms with Gasteiger partial charge in [0.25, 0.3) is 5.91 Å². The van der Waals surface area contributed by atoms with E-state index in [1.165, 1.54) is 49.4 Å². The molecule has 6 nitrogen and oxygen atoms in total. The monoisotopic (exact) mass is 512 g/mol. The third kappa shape index (κ3) is 5.01. The molecule has 0 aliphatic rings. The molecule has 11 heteroatoms. The molecule has 0 aliphatic carbocycles. The molecule has 0 bridgehead atoms. The second kappa shape index (κ2) is 9.61. The number of anilines is 1. The van der Waals surface area contributed by atoms with E-state index < -0.39 is 35.1 Å². The Morgan fingerprint density at radius 2 is 1.62 bits per heavy atom. The summed E-state index contributed by atoms with van der Waals surface area (Å²) in [4.78, 5) is 27.0. The van der Waals surface area contributed by atoms with Crippen LogP contribution in [0.25, 0.3) is 0 Å². The molecule has 3 aromatic rings. The molecular weight excluding hydrogens is 496 g/mol. The maximum atomic E-state index is 14.1. The number of carbonyl (C=O) groups is 2. The number of carboxylic acids is 1. The molecule has 1 amide bonds. The van der Waals surface area contributed by atoms with Crippen molar-refractivity contribution in [1.29, 1.82) is 0 Å². The van der Waals surface area contributed by atoms with Crippen molar-refractivity contribution in [1.82, 2.24) is 4.98 Å². The average molecular weight is 513 g/mol. The Kier molecular flexibility index (Phi) is 7.21. The Labute approximate surface area is 202 Å². The smallest absolute Gasteiger partial charge is 0.422 e. The maximum Gasteiger partial charge on any atom is 0.422 e. The molecule has 0 saturated carbocycles. The number of aromatic carboxylic acids is 1. The lowest BCUT2D eigenvalue weighted by Crippen LogP contribution is -2.46. The zero-order chi connectivity index (χ0) is 25.3. The van der Waals surface area contributed by atoms with Crippen molar-refractivity contribution in [3.05, 3.63) is 93.2 Å². The summed E-state index contributed by atoms with van der Waals surface area (Å²) in [6.07, 6.45) is -4.01. The standard InChI is InChI=1S/C23H17Cl2F3N2O4/c1-12(22(34,23(26,27)28)15-8-9-29-19(25)10-15)17-7-6-16(11-18(17)24)30-20(31)13-2-4-14(5-3-13)21(32)33/h2-12,34H,1H3,(H,30,31)(H,32,33). The second-order valence-electron chi connectivity index (χ2n) is 7.43. The van der Waals surface area contributed by atoms with Gasteiger partial charge in [0, 0.05) is 28.4 Å². The number of hydrogen-bond donors (Lipinski definition) is 3. The summed E-state index contributed by atoms with van der Waals surface area (Å²) in [5, 5.41) is 22.0. The minimum absolute atomic E-state index is 0.00516. The van der Waals surface area contributed by atoms with Crippen molar-refractivity contribution in [3.63, 3.8) is 0 Å². The van der Waals surface area contributed by atoms with Crippen LogP contribution >= 0.6 is 23.2 Å². The molecule has 0 spiro atoms. The molecule has 3 rings (SSSR count).